The summed E-state index contributed by atoms with van der Waals surface area (Å²) in [6.07, 6.45) is 1.97. The Morgan fingerprint density at radius 2 is 1.67 bits per heavy atom. The fourth-order valence-corrected chi connectivity index (χ4v) is 4.54. The first-order valence-corrected chi connectivity index (χ1v) is 9.45. The minimum atomic E-state index is -0.765. The van der Waals surface area contributed by atoms with Gasteiger partial charge in [-0.25, -0.2) is 0 Å². The summed E-state index contributed by atoms with van der Waals surface area (Å²) in [6.45, 7) is 7.02. The van der Waals surface area contributed by atoms with Crippen LogP contribution in [-0.4, -0.2) is 59.7 Å². The van der Waals surface area contributed by atoms with Crippen molar-refractivity contribution in [1.82, 2.24) is 15.1 Å². The zero-order chi connectivity index (χ0) is 18.4. The second kappa shape index (κ2) is 7.60. The van der Waals surface area contributed by atoms with E-state index in [0.29, 0.717) is 36.1 Å². The average Bonchev–Trinajstić information content (AvgIpc) is 3.10. The van der Waals surface area contributed by atoms with Crippen molar-refractivity contribution >= 4 is 30.1 Å². The summed E-state index contributed by atoms with van der Waals surface area (Å²) in [6, 6.07) is 4.47. The SMILES string of the molecule is Cc1ccc2c(c1)C(=O)N(C(C)C(=O)N1CC[C@@H]3CNC[C@@H]3CC1)C2=O.Cl. The van der Waals surface area contributed by atoms with Gasteiger partial charge in [0.2, 0.25) is 5.91 Å². The molecule has 0 radical (unpaired) electrons. The van der Waals surface area contributed by atoms with Gasteiger partial charge < -0.3 is 10.2 Å². The van der Waals surface area contributed by atoms with E-state index in [1.54, 1.807) is 19.1 Å². The normalized spacial score (nSPS) is 25.6. The highest BCUT2D eigenvalue weighted by molar-refractivity contribution is 6.22. The van der Waals surface area contributed by atoms with Crippen LogP contribution < -0.4 is 5.32 Å². The molecular formula is C20H26ClN3O3. The standard InChI is InChI=1S/C20H25N3O3.ClH/c1-12-3-4-16-17(9-12)20(26)23(19(16)25)13(2)18(24)22-7-5-14-10-21-11-15(14)6-8-22;/h3-4,9,13-15,21H,5-8,10-11H2,1-2H3;1H/t13?,14-,15+;. The van der Waals surface area contributed by atoms with Gasteiger partial charge in [-0.2, -0.15) is 0 Å². The topological polar surface area (TPSA) is 69.7 Å². The zero-order valence-corrected chi connectivity index (χ0v) is 16.6. The molecule has 3 aliphatic heterocycles. The molecule has 27 heavy (non-hydrogen) atoms. The Balaban J connectivity index is 0.00000210. The highest BCUT2D eigenvalue weighted by Gasteiger charge is 2.42. The van der Waals surface area contributed by atoms with Crippen LogP contribution in [0.15, 0.2) is 18.2 Å². The molecule has 6 nitrogen and oxygen atoms in total. The van der Waals surface area contributed by atoms with E-state index >= 15 is 0 Å². The van der Waals surface area contributed by atoms with Crippen molar-refractivity contribution in [3.8, 4) is 0 Å². The van der Waals surface area contributed by atoms with Crippen molar-refractivity contribution in [3.63, 3.8) is 0 Å². The van der Waals surface area contributed by atoms with Crippen LogP contribution in [0.1, 0.15) is 46.0 Å². The molecule has 3 amide bonds. The van der Waals surface area contributed by atoms with Crippen LogP contribution in [0.4, 0.5) is 0 Å². The number of benzene rings is 1. The van der Waals surface area contributed by atoms with Crippen molar-refractivity contribution in [3.05, 3.63) is 34.9 Å². The van der Waals surface area contributed by atoms with Gasteiger partial charge in [0, 0.05) is 13.1 Å². The Hall–Kier alpha value is -1.92. The number of likely N-dealkylation sites (tertiary alicyclic amines) is 1. The maximum absolute atomic E-state index is 13.0. The Morgan fingerprint density at radius 3 is 2.30 bits per heavy atom. The molecule has 3 atom stereocenters. The van der Waals surface area contributed by atoms with Crippen LogP contribution in [-0.2, 0) is 4.79 Å². The first-order chi connectivity index (χ1) is 12.5. The average molecular weight is 392 g/mol. The monoisotopic (exact) mass is 391 g/mol. The molecule has 4 rings (SSSR count). The Bertz CT molecular complexity index is 768. The molecule has 2 fully saturated rings. The van der Waals surface area contributed by atoms with Crippen LogP contribution in [0.3, 0.4) is 0 Å². The first-order valence-electron chi connectivity index (χ1n) is 9.45. The lowest BCUT2D eigenvalue weighted by Crippen LogP contribution is -2.49. The van der Waals surface area contributed by atoms with Crippen molar-refractivity contribution in [2.75, 3.05) is 26.2 Å². The summed E-state index contributed by atoms with van der Waals surface area (Å²) in [7, 11) is 0. The van der Waals surface area contributed by atoms with E-state index < -0.39 is 6.04 Å². The highest BCUT2D eigenvalue weighted by atomic mass is 35.5. The summed E-state index contributed by atoms with van der Waals surface area (Å²) >= 11 is 0. The number of nitrogens with one attached hydrogen (secondary N) is 1. The fraction of sp³-hybridized carbons (Fsp3) is 0.550. The van der Waals surface area contributed by atoms with E-state index in [2.05, 4.69) is 5.32 Å². The number of nitrogens with zero attached hydrogens (tertiary/aromatic N) is 2. The number of hydrogen-bond acceptors (Lipinski definition) is 4. The van der Waals surface area contributed by atoms with E-state index in [0.717, 1.165) is 36.4 Å². The van der Waals surface area contributed by atoms with Gasteiger partial charge in [-0.15, -0.1) is 12.4 Å². The number of aryl methyl sites for hydroxylation is 1. The van der Waals surface area contributed by atoms with Crippen molar-refractivity contribution < 1.29 is 14.4 Å². The van der Waals surface area contributed by atoms with Crippen molar-refractivity contribution in [2.45, 2.75) is 32.7 Å². The first kappa shape index (κ1) is 19.8. The van der Waals surface area contributed by atoms with E-state index in [1.807, 2.05) is 17.9 Å². The van der Waals surface area contributed by atoms with Gasteiger partial charge in [0.25, 0.3) is 11.8 Å². The second-order valence-corrected chi connectivity index (χ2v) is 7.79. The fourth-order valence-electron chi connectivity index (χ4n) is 4.54. The molecule has 2 saturated heterocycles. The molecule has 0 aromatic heterocycles. The smallest absolute Gasteiger partial charge is 0.262 e. The summed E-state index contributed by atoms with van der Waals surface area (Å²) in [5.41, 5.74) is 1.74. The van der Waals surface area contributed by atoms with E-state index in [-0.39, 0.29) is 30.1 Å². The molecule has 0 spiro atoms. The molecule has 1 unspecified atom stereocenters. The van der Waals surface area contributed by atoms with Gasteiger partial charge >= 0.3 is 0 Å². The lowest BCUT2D eigenvalue weighted by Gasteiger charge is -2.28. The van der Waals surface area contributed by atoms with Crippen LogP contribution in [0.5, 0.6) is 0 Å². The maximum atomic E-state index is 13.0. The van der Waals surface area contributed by atoms with Crippen LogP contribution in [0.2, 0.25) is 0 Å². The van der Waals surface area contributed by atoms with Gasteiger partial charge in [0.05, 0.1) is 11.1 Å². The number of fused-ring (bicyclic) bond motifs is 2. The minimum absolute atomic E-state index is 0. The second-order valence-electron chi connectivity index (χ2n) is 7.79. The maximum Gasteiger partial charge on any atom is 0.262 e. The number of imide groups is 1. The molecular weight excluding hydrogens is 366 g/mol. The zero-order valence-electron chi connectivity index (χ0n) is 15.7. The van der Waals surface area contributed by atoms with Gasteiger partial charge in [-0.3, -0.25) is 19.3 Å². The molecule has 146 valence electrons. The lowest BCUT2D eigenvalue weighted by atomic mass is 9.92. The predicted octanol–water partition coefficient (Wildman–Crippen LogP) is 1.86. The summed E-state index contributed by atoms with van der Waals surface area (Å²) in [5, 5.41) is 3.43. The minimum Gasteiger partial charge on any atom is -0.341 e. The lowest BCUT2D eigenvalue weighted by molar-refractivity contribution is -0.134. The third-order valence-electron chi connectivity index (χ3n) is 6.15. The van der Waals surface area contributed by atoms with Gasteiger partial charge in [0.1, 0.15) is 6.04 Å². The number of carbonyl (C=O) groups excluding carboxylic acids is 3. The third-order valence-corrected chi connectivity index (χ3v) is 6.15. The van der Waals surface area contributed by atoms with Crippen LogP contribution in [0.25, 0.3) is 0 Å². The third kappa shape index (κ3) is 3.36. The Kier molecular flexibility index (Phi) is 5.58. The number of halogens is 1. The molecule has 1 N–H and O–H groups in total. The highest BCUT2D eigenvalue weighted by Crippen LogP contribution is 2.29. The van der Waals surface area contributed by atoms with Crippen LogP contribution >= 0.6 is 12.4 Å². The van der Waals surface area contributed by atoms with E-state index in [4.69, 9.17) is 0 Å². The summed E-state index contributed by atoms with van der Waals surface area (Å²) in [4.78, 5) is 41.5. The Morgan fingerprint density at radius 1 is 1.07 bits per heavy atom. The van der Waals surface area contributed by atoms with E-state index in [1.165, 1.54) is 0 Å². The number of carbonyl (C=O) groups is 3. The quantitative estimate of drug-likeness (QED) is 0.781. The number of rotatable bonds is 2. The molecule has 0 bridgehead atoms. The van der Waals surface area contributed by atoms with Gasteiger partial charge in [0.15, 0.2) is 0 Å². The largest absolute Gasteiger partial charge is 0.341 e. The molecule has 0 saturated carbocycles. The van der Waals surface area contributed by atoms with E-state index in [9.17, 15) is 14.4 Å². The molecule has 1 aromatic rings. The van der Waals surface area contributed by atoms with Crippen molar-refractivity contribution in [2.24, 2.45) is 11.8 Å². The van der Waals surface area contributed by atoms with Gasteiger partial charge in [-0.05, 0) is 63.7 Å². The molecule has 7 heteroatoms. The molecule has 3 heterocycles. The number of hydrogen-bond donors (Lipinski definition) is 1. The summed E-state index contributed by atoms with van der Waals surface area (Å²) < 4.78 is 0. The number of amides is 3. The molecule has 0 aliphatic carbocycles. The van der Waals surface area contributed by atoms with Crippen LogP contribution in [0, 0.1) is 18.8 Å². The summed E-state index contributed by atoms with van der Waals surface area (Å²) in [5.74, 6) is 0.423. The molecule has 1 aromatic carbocycles. The predicted molar refractivity (Wildman–Crippen MR) is 104 cm³/mol. The Labute approximate surface area is 165 Å². The molecule has 3 aliphatic rings. The van der Waals surface area contributed by atoms with Gasteiger partial charge in [-0.1, -0.05) is 11.6 Å². The van der Waals surface area contributed by atoms with Crippen molar-refractivity contribution in [1.29, 1.82) is 0 Å².